The second-order valence-electron chi connectivity index (χ2n) is 2.78. The number of hydrogen-bond donors (Lipinski definition) is 2. The Balaban J connectivity index is 2.28. The van der Waals surface area contributed by atoms with Gasteiger partial charge in [-0.2, -0.15) is 4.98 Å². The minimum atomic E-state index is -0.949. The molecule has 1 atom stereocenters. The highest BCUT2D eigenvalue weighted by Gasteiger charge is 2.16. The highest BCUT2D eigenvalue weighted by Crippen LogP contribution is 2.13. The summed E-state index contributed by atoms with van der Waals surface area (Å²) in [5, 5.41) is 13.0. The number of rotatable bonds is 3. The number of aromatic nitrogens is 4. The first kappa shape index (κ1) is 9.69. The fourth-order valence-corrected chi connectivity index (χ4v) is 0.977. The van der Waals surface area contributed by atoms with Gasteiger partial charge in [-0.15, -0.1) is 0 Å². The van der Waals surface area contributed by atoms with E-state index in [1.165, 1.54) is 0 Å². The van der Waals surface area contributed by atoms with Crippen molar-refractivity contribution in [3.05, 3.63) is 24.4 Å². The predicted molar refractivity (Wildman–Crippen MR) is 49.3 cm³/mol. The number of nitrogens with zero attached hydrogens (tertiary/aromatic N) is 4. The lowest BCUT2D eigenvalue weighted by Gasteiger charge is -1.97. The van der Waals surface area contributed by atoms with Gasteiger partial charge in [-0.1, -0.05) is 5.16 Å². The summed E-state index contributed by atoms with van der Waals surface area (Å²) in [5.74, 6) is 0.648. The van der Waals surface area contributed by atoms with E-state index in [0.717, 1.165) is 0 Å². The summed E-state index contributed by atoms with van der Waals surface area (Å²) in [6.45, 7) is 0.0251. The zero-order chi connectivity index (χ0) is 10.7. The van der Waals surface area contributed by atoms with Crippen molar-refractivity contribution in [2.45, 2.75) is 6.10 Å². The minimum absolute atomic E-state index is 0.0251. The van der Waals surface area contributed by atoms with Crippen LogP contribution in [0.3, 0.4) is 0 Å². The lowest BCUT2D eigenvalue weighted by Crippen LogP contribution is -2.11. The van der Waals surface area contributed by atoms with E-state index in [0.29, 0.717) is 5.82 Å². The van der Waals surface area contributed by atoms with Crippen molar-refractivity contribution in [2.75, 3.05) is 6.54 Å². The zero-order valence-corrected chi connectivity index (χ0v) is 7.74. The molecule has 3 N–H and O–H groups in total. The SMILES string of the molecule is NC[C@H](O)c1nc(-c2ncccn2)no1. The molecule has 0 aliphatic heterocycles. The zero-order valence-electron chi connectivity index (χ0n) is 7.74. The normalized spacial score (nSPS) is 12.7. The molecule has 2 aromatic heterocycles. The van der Waals surface area contributed by atoms with Gasteiger partial charge in [0.1, 0.15) is 6.10 Å². The largest absolute Gasteiger partial charge is 0.382 e. The van der Waals surface area contributed by atoms with Gasteiger partial charge in [-0.05, 0) is 6.07 Å². The minimum Gasteiger partial charge on any atom is -0.382 e. The van der Waals surface area contributed by atoms with Gasteiger partial charge in [0.05, 0.1) is 0 Å². The average Bonchev–Trinajstić information content (AvgIpc) is 2.78. The molecular formula is C8H9N5O2. The lowest BCUT2D eigenvalue weighted by molar-refractivity contribution is 0.141. The van der Waals surface area contributed by atoms with Crippen LogP contribution >= 0.6 is 0 Å². The fraction of sp³-hybridized carbons (Fsp3) is 0.250. The van der Waals surface area contributed by atoms with Gasteiger partial charge in [0.25, 0.3) is 5.89 Å². The highest BCUT2D eigenvalue weighted by atomic mass is 16.5. The summed E-state index contributed by atoms with van der Waals surface area (Å²) in [5.41, 5.74) is 5.24. The first-order valence-electron chi connectivity index (χ1n) is 4.30. The molecule has 0 aromatic carbocycles. The van der Waals surface area contributed by atoms with Crippen molar-refractivity contribution < 1.29 is 9.63 Å². The summed E-state index contributed by atoms with van der Waals surface area (Å²) in [4.78, 5) is 11.8. The molecule has 0 spiro atoms. The van der Waals surface area contributed by atoms with Crippen LogP contribution in [0.4, 0.5) is 0 Å². The van der Waals surface area contributed by atoms with E-state index in [2.05, 4.69) is 20.1 Å². The summed E-state index contributed by atoms with van der Waals surface area (Å²) >= 11 is 0. The monoisotopic (exact) mass is 207 g/mol. The standard InChI is InChI=1S/C8H9N5O2/c9-4-5(14)8-12-7(13-15-8)6-10-2-1-3-11-6/h1-3,5,14H,4,9H2/t5-/m0/s1. The van der Waals surface area contributed by atoms with E-state index in [9.17, 15) is 5.11 Å². The van der Waals surface area contributed by atoms with Crippen LogP contribution in [0.2, 0.25) is 0 Å². The molecule has 2 aromatic rings. The lowest BCUT2D eigenvalue weighted by atomic mass is 10.3. The molecule has 15 heavy (non-hydrogen) atoms. The van der Waals surface area contributed by atoms with E-state index in [4.69, 9.17) is 10.3 Å². The van der Waals surface area contributed by atoms with Crippen LogP contribution in [-0.2, 0) is 0 Å². The van der Waals surface area contributed by atoms with Crippen LogP contribution < -0.4 is 5.73 Å². The highest BCUT2D eigenvalue weighted by molar-refractivity contribution is 5.40. The Hall–Kier alpha value is -1.86. The molecular weight excluding hydrogens is 198 g/mol. The first-order chi connectivity index (χ1) is 7.31. The number of nitrogens with two attached hydrogens (primary N) is 1. The third-order valence-corrected chi connectivity index (χ3v) is 1.72. The second-order valence-corrected chi connectivity index (χ2v) is 2.78. The van der Waals surface area contributed by atoms with Crippen LogP contribution in [0.15, 0.2) is 23.0 Å². The maximum absolute atomic E-state index is 9.33. The molecule has 0 unspecified atom stereocenters. The van der Waals surface area contributed by atoms with Gasteiger partial charge >= 0.3 is 0 Å². The molecule has 7 nitrogen and oxygen atoms in total. The van der Waals surface area contributed by atoms with E-state index in [1.807, 2.05) is 0 Å². The maximum Gasteiger partial charge on any atom is 0.257 e. The molecule has 2 heterocycles. The van der Waals surface area contributed by atoms with Crippen molar-refractivity contribution in [1.82, 2.24) is 20.1 Å². The molecule has 0 aliphatic rings. The molecule has 78 valence electrons. The molecule has 7 heteroatoms. The summed E-state index contributed by atoms with van der Waals surface area (Å²) in [6, 6.07) is 1.68. The summed E-state index contributed by atoms with van der Waals surface area (Å²) in [6.07, 6.45) is 2.19. The van der Waals surface area contributed by atoms with Gasteiger partial charge in [-0.3, -0.25) is 0 Å². The van der Waals surface area contributed by atoms with Crippen LogP contribution in [0.5, 0.6) is 0 Å². The smallest absolute Gasteiger partial charge is 0.257 e. The van der Waals surface area contributed by atoms with Crippen molar-refractivity contribution in [2.24, 2.45) is 5.73 Å². The van der Waals surface area contributed by atoms with Crippen molar-refractivity contribution >= 4 is 0 Å². The number of hydrogen-bond acceptors (Lipinski definition) is 7. The molecule has 0 bridgehead atoms. The van der Waals surface area contributed by atoms with Crippen LogP contribution in [0.25, 0.3) is 11.6 Å². The fourth-order valence-electron chi connectivity index (χ4n) is 0.977. The van der Waals surface area contributed by atoms with E-state index < -0.39 is 6.10 Å². The van der Waals surface area contributed by atoms with Gasteiger partial charge < -0.3 is 15.4 Å². The number of aliphatic hydroxyl groups is 1. The molecule has 0 fully saturated rings. The number of aliphatic hydroxyl groups excluding tert-OH is 1. The summed E-state index contributed by atoms with van der Waals surface area (Å²) < 4.78 is 4.80. The van der Waals surface area contributed by atoms with Crippen molar-refractivity contribution in [1.29, 1.82) is 0 Å². The molecule has 0 radical (unpaired) electrons. The quantitative estimate of drug-likeness (QED) is 0.699. The Morgan fingerprint density at radius 1 is 1.33 bits per heavy atom. The molecule has 0 saturated carbocycles. The van der Waals surface area contributed by atoms with Crippen molar-refractivity contribution in [3.8, 4) is 11.6 Å². The maximum atomic E-state index is 9.33. The van der Waals surface area contributed by atoms with Crippen LogP contribution in [0, 0.1) is 0 Å². The third kappa shape index (κ3) is 1.97. The van der Waals surface area contributed by atoms with E-state index >= 15 is 0 Å². The van der Waals surface area contributed by atoms with Crippen LogP contribution in [-0.4, -0.2) is 31.8 Å². The Morgan fingerprint density at radius 2 is 2.07 bits per heavy atom. The molecule has 2 rings (SSSR count). The van der Waals surface area contributed by atoms with Gasteiger partial charge in [0.15, 0.2) is 0 Å². The predicted octanol–water partition coefficient (Wildman–Crippen LogP) is -0.481. The summed E-state index contributed by atoms with van der Waals surface area (Å²) in [7, 11) is 0. The van der Waals surface area contributed by atoms with Crippen molar-refractivity contribution in [3.63, 3.8) is 0 Å². The Bertz CT molecular complexity index is 430. The van der Waals surface area contributed by atoms with Gasteiger partial charge in [0.2, 0.25) is 11.6 Å². The molecule has 0 saturated heterocycles. The third-order valence-electron chi connectivity index (χ3n) is 1.72. The van der Waals surface area contributed by atoms with Crippen LogP contribution in [0.1, 0.15) is 12.0 Å². The Kier molecular flexibility index (Phi) is 2.66. The molecule has 0 aliphatic carbocycles. The van der Waals surface area contributed by atoms with Gasteiger partial charge in [0, 0.05) is 18.9 Å². The van der Waals surface area contributed by atoms with E-state index in [1.54, 1.807) is 18.5 Å². The average molecular weight is 207 g/mol. The Morgan fingerprint density at radius 3 is 2.73 bits per heavy atom. The second kappa shape index (κ2) is 4.11. The van der Waals surface area contributed by atoms with Gasteiger partial charge in [-0.25, -0.2) is 9.97 Å². The Labute approximate surface area is 85.0 Å². The molecule has 0 amide bonds. The topological polar surface area (TPSA) is 111 Å². The first-order valence-corrected chi connectivity index (χ1v) is 4.30. The van der Waals surface area contributed by atoms with E-state index in [-0.39, 0.29) is 18.3 Å².